The van der Waals surface area contributed by atoms with Crippen LogP contribution in [0, 0.1) is 11.7 Å². The van der Waals surface area contributed by atoms with Crippen LogP contribution >= 0.6 is 12.4 Å². The van der Waals surface area contributed by atoms with Gasteiger partial charge in [0.15, 0.2) is 0 Å². The van der Waals surface area contributed by atoms with Crippen molar-refractivity contribution in [3.8, 4) is 0 Å². The first-order valence-corrected chi connectivity index (χ1v) is 9.59. The molecule has 0 aliphatic carbocycles. The van der Waals surface area contributed by atoms with Crippen molar-refractivity contribution >= 4 is 28.4 Å². The molecule has 9 heteroatoms. The van der Waals surface area contributed by atoms with E-state index < -0.39 is 21.8 Å². The van der Waals surface area contributed by atoms with Gasteiger partial charge in [-0.15, -0.1) is 12.4 Å². The van der Waals surface area contributed by atoms with Crippen molar-refractivity contribution in [3.05, 3.63) is 29.6 Å². The number of esters is 1. The molecule has 0 amide bonds. The number of piperidine rings is 1. The molecule has 1 aliphatic rings. The van der Waals surface area contributed by atoms with Crippen molar-refractivity contribution in [1.82, 2.24) is 10.0 Å². The predicted molar refractivity (Wildman–Crippen MR) is 95.0 cm³/mol. The zero-order chi connectivity index (χ0) is 17.6. The third-order valence-corrected chi connectivity index (χ3v) is 5.38. The van der Waals surface area contributed by atoms with E-state index in [0.29, 0.717) is 12.3 Å². The Hall–Kier alpha value is -1.22. The molecule has 142 valence electrons. The molecule has 0 radical (unpaired) electrons. The lowest BCUT2D eigenvalue weighted by atomic mass is 9.96. The number of hydrogen-bond donors (Lipinski definition) is 2. The topological polar surface area (TPSA) is 84.5 Å². The molecule has 6 nitrogen and oxygen atoms in total. The molecule has 1 aliphatic heterocycles. The van der Waals surface area contributed by atoms with Crippen molar-refractivity contribution in [2.45, 2.75) is 31.1 Å². The van der Waals surface area contributed by atoms with Gasteiger partial charge in [-0.05, 0) is 63.4 Å². The summed E-state index contributed by atoms with van der Waals surface area (Å²) in [6, 6.07) is 2.99. The van der Waals surface area contributed by atoms with Crippen molar-refractivity contribution < 1.29 is 22.3 Å². The first-order chi connectivity index (χ1) is 11.4. The number of hydrogen-bond acceptors (Lipinski definition) is 5. The Labute approximate surface area is 154 Å². The van der Waals surface area contributed by atoms with Gasteiger partial charge in [0.25, 0.3) is 0 Å². The largest absolute Gasteiger partial charge is 0.462 e. The normalized spacial score (nSPS) is 17.6. The standard InChI is InChI=1S/C16H23FN2O4S.ClH/c1-2-23-16(20)13-8-14(17)10-15(9-13)24(21,22)19-7-5-12-4-3-6-18-11-12;/h8-10,12,18-19H,2-7,11H2,1H3;1H. The lowest BCUT2D eigenvalue weighted by Gasteiger charge is -2.22. The molecule has 0 bridgehead atoms. The van der Waals surface area contributed by atoms with Crippen LogP contribution in [-0.2, 0) is 14.8 Å². The Morgan fingerprint density at radius 1 is 1.40 bits per heavy atom. The summed E-state index contributed by atoms with van der Waals surface area (Å²) < 4.78 is 45.5. The third-order valence-electron chi connectivity index (χ3n) is 3.94. The van der Waals surface area contributed by atoms with Gasteiger partial charge in [-0.2, -0.15) is 0 Å². The molecule has 1 atom stereocenters. The number of carbonyl (C=O) groups is 1. The van der Waals surface area contributed by atoms with E-state index in [0.717, 1.165) is 44.1 Å². The summed E-state index contributed by atoms with van der Waals surface area (Å²) in [6.07, 6.45) is 2.87. The molecular weight excluding hydrogens is 371 g/mol. The highest BCUT2D eigenvalue weighted by Gasteiger charge is 2.20. The Morgan fingerprint density at radius 3 is 2.80 bits per heavy atom. The highest BCUT2D eigenvalue weighted by atomic mass is 35.5. The summed E-state index contributed by atoms with van der Waals surface area (Å²) in [4.78, 5) is 11.4. The molecule has 1 aromatic carbocycles. The van der Waals surface area contributed by atoms with E-state index >= 15 is 0 Å². The zero-order valence-electron chi connectivity index (χ0n) is 14.1. The molecule has 0 spiro atoms. The molecule has 1 saturated heterocycles. The number of nitrogens with one attached hydrogen (secondary N) is 2. The summed E-state index contributed by atoms with van der Waals surface area (Å²) in [5.41, 5.74) is -0.117. The lowest BCUT2D eigenvalue weighted by molar-refractivity contribution is 0.0525. The quantitative estimate of drug-likeness (QED) is 0.692. The molecule has 1 heterocycles. The fourth-order valence-corrected chi connectivity index (χ4v) is 3.80. The van der Waals surface area contributed by atoms with Gasteiger partial charge in [0.1, 0.15) is 5.82 Å². The summed E-state index contributed by atoms with van der Waals surface area (Å²) in [5, 5.41) is 3.28. The van der Waals surface area contributed by atoms with E-state index in [-0.39, 0.29) is 36.0 Å². The van der Waals surface area contributed by atoms with Crippen LogP contribution in [0.25, 0.3) is 0 Å². The molecule has 2 rings (SSSR count). The smallest absolute Gasteiger partial charge is 0.338 e. The van der Waals surface area contributed by atoms with Crippen LogP contribution in [0.4, 0.5) is 4.39 Å². The molecule has 1 aromatic rings. The van der Waals surface area contributed by atoms with Gasteiger partial charge < -0.3 is 10.1 Å². The molecule has 2 N–H and O–H groups in total. The van der Waals surface area contributed by atoms with Gasteiger partial charge >= 0.3 is 5.97 Å². The SMILES string of the molecule is CCOC(=O)c1cc(F)cc(S(=O)(=O)NCCC2CCCNC2)c1.Cl. The first-order valence-electron chi connectivity index (χ1n) is 8.10. The minimum atomic E-state index is -3.87. The van der Waals surface area contributed by atoms with Crippen LogP contribution in [0.15, 0.2) is 23.1 Å². The van der Waals surface area contributed by atoms with Crippen molar-refractivity contribution in [2.24, 2.45) is 5.92 Å². The molecule has 25 heavy (non-hydrogen) atoms. The number of rotatable bonds is 7. The Bertz CT molecular complexity index is 679. The van der Waals surface area contributed by atoms with E-state index in [4.69, 9.17) is 4.74 Å². The second-order valence-corrected chi connectivity index (χ2v) is 7.56. The second-order valence-electron chi connectivity index (χ2n) is 5.79. The summed E-state index contributed by atoms with van der Waals surface area (Å²) in [7, 11) is -3.87. The average Bonchev–Trinajstić information content (AvgIpc) is 2.55. The van der Waals surface area contributed by atoms with Gasteiger partial charge in [-0.25, -0.2) is 22.3 Å². The van der Waals surface area contributed by atoms with E-state index in [2.05, 4.69) is 10.0 Å². The maximum Gasteiger partial charge on any atom is 0.338 e. The highest BCUT2D eigenvalue weighted by molar-refractivity contribution is 7.89. The summed E-state index contributed by atoms with van der Waals surface area (Å²) in [5.74, 6) is -1.11. The van der Waals surface area contributed by atoms with Crippen LogP contribution < -0.4 is 10.0 Å². The van der Waals surface area contributed by atoms with E-state index in [9.17, 15) is 17.6 Å². The van der Waals surface area contributed by atoms with Gasteiger partial charge in [0.05, 0.1) is 17.1 Å². The van der Waals surface area contributed by atoms with Crippen LogP contribution in [0.2, 0.25) is 0 Å². The third kappa shape index (κ3) is 6.54. The minimum absolute atomic E-state index is 0. The Balaban J connectivity index is 0.00000312. The average molecular weight is 395 g/mol. The maximum atomic E-state index is 13.7. The maximum absolute atomic E-state index is 13.7. The second kappa shape index (κ2) is 10.1. The van der Waals surface area contributed by atoms with E-state index in [1.54, 1.807) is 6.92 Å². The first kappa shape index (κ1) is 21.8. The lowest BCUT2D eigenvalue weighted by Crippen LogP contribution is -2.33. The molecular formula is C16H24ClFN2O4S. The van der Waals surface area contributed by atoms with Gasteiger partial charge in [-0.1, -0.05) is 0 Å². The monoisotopic (exact) mass is 394 g/mol. The zero-order valence-corrected chi connectivity index (χ0v) is 15.7. The van der Waals surface area contributed by atoms with Gasteiger partial charge in [0, 0.05) is 6.54 Å². The number of sulfonamides is 1. The Morgan fingerprint density at radius 2 is 2.16 bits per heavy atom. The van der Waals surface area contributed by atoms with Gasteiger partial charge in [-0.3, -0.25) is 0 Å². The molecule has 1 unspecified atom stereocenters. The van der Waals surface area contributed by atoms with Gasteiger partial charge in [0.2, 0.25) is 10.0 Å². The van der Waals surface area contributed by atoms with E-state index in [1.165, 1.54) is 0 Å². The fourth-order valence-electron chi connectivity index (χ4n) is 2.70. The molecule has 0 saturated carbocycles. The highest BCUT2D eigenvalue weighted by Crippen LogP contribution is 2.17. The minimum Gasteiger partial charge on any atom is -0.462 e. The fraction of sp³-hybridized carbons (Fsp3) is 0.562. The predicted octanol–water partition coefficient (Wildman–Crippen LogP) is 2.09. The summed E-state index contributed by atoms with van der Waals surface area (Å²) in [6.45, 7) is 3.92. The number of ether oxygens (including phenoxy) is 1. The van der Waals surface area contributed by atoms with Crippen molar-refractivity contribution in [1.29, 1.82) is 0 Å². The van der Waals surface area contributed by atoms with E-state index in [1.807, 2.05) is 0 Å². The van der Waals surface area contributed by atoms with Crippen LogP contribution in [0.1, 0.15) is 36.5 Å². The number of carbonyl (C=O) groups excluding carboxylic acids is 1. The number of benzene rings is 1. The number of halogens is 2. The Kier molecular flexibility index (Phi) is 8.78. The molecule has 0 aromatic heterocycles. The van der Waals surface area contributed by atoms with Crippen LogP contribution in [0.5, 0.6) is 0 Å². The van der Waals surface area contributed by atoms with Crippen LogP contribution in [-0.4, -0.2) is 40.6 Å². The van der Waals surface area contributed by atoms with Crippen molar-refractivity contribution in [3.63, 3.8) is 0 Å². The molecule has 1 fully saturated rings. The van der Waals surface area contributed by atoms with Crippen molar-refractivity contribution in [2.75, 3.05) is 26.2 Å². The van der Waals surface area contributed by atoms with Crippen LogP contribution in [0.3, 0.4) is 0 Å². The summed E-state index contributed by atoms with van der Waals surface area (Å²) >= 11 is 0.